The SMILES string of the molecule is O=C1C=C(NCc2cc(C(F)(F)F)cc(C(F)(F)F)c2)C(=O)C=C1NCc1cc(C(F)(F)F)cc(C(F)(F)F)c1. The van der Waals surface area contributed by atoms with E-state index in [1.807, 2.05) is 0 Å². The highest BCUT2D eigenvalue weighted by Crippen LogP contribution is 2.37. The molecular weight excluding hydrogens is 576 g/mol. The molecule has 0 saturated heterocycles. The standard InChI is InChI=1S/C24H14F12N2O2/c25-21(26,27)13-1-11(2-14(5-13)22(28,29)30)9-37-17-7-20(40)18(8-19(17)39)38-10-12-3-15(23(31,32)33)6-16(4-12)24(34,35)36/h1-8,37-38H,9-10H2. The van der Waals surface area contributed by atoms with Gasteiger partial charge in [0.25, 0.3) is 0 Å². The zero-order valence-corrected chi connectivity index (χ0v) is 19.4. The van der Waals surface area contributed by atoms with Crippen molar-refractivity contribution in [3.05, 3.63) is 93.3 Å². The molecule has 0 unspecified atom stereocenters. The number of hydrogen-bond donors (Lipinski definition) is 2. The van der Waals surface area contributed by atoms with Crippen LogP contribution in [0.3, 0.4) is 0 Å². The predicted molar refractivity (Wildman–Crippen MR) is 113 cm³/mol. The van der Waals surface area contributed by atoms with Crippen LogP contribution in [0.1, 0.15) is 33.4 Å². The van der Waals surface area contributed by atoms with Gasteiger partial charge in [0.1, 0.15) is 0 Å². The maximum absolute atomic E-state index is 13.0. The van der Waals surface area contributed by atoms with Crippen LogP contribution in [0.2, 0.25) is 0 Å². The minimum Gasteiger partial charge on any atom is -0.378 e. The Morgan fingerprint density at radius 2 is 0.700 bits per heavy atom. The quantitative estimate of drug-likeness (QED) is 0.296. The van der Waals surface area contributed by atoms with Crippen molar-refractivity contribution >= 4 is 11.6 Å². The number of rotatable bonds is 6. The van der Waals surface area contributed by atoms with E-state index in [0.29, 0.717) is 36.4 Å². The number of carbonyl (C=O) groups excluding carboxylic acids is 2. The number of alkyl halides is 12. The van der Waals surface area contributed by atoms with E-state index in [1.54, 1.807) is 0 Å². The van der Waals surface area contributed by atoms with Crippen molar-refractivity contribution in [1.82, 2.24) is 10.6 Å². The summed E-state index contributed by atoms with van der Waals surface area (Å²) in [6, 6.07) is 1.44. The van der Waals surface area contributed by atoms with Gasteiger partial charge in [-0.1, -0.05) is 0 Å². The second-order valence-electron chi connectivity index (χ2n) is 8.38. The summed E-state index contributed by atoms with van der Waals surface area (Å²) in [5.41, 5.74) is -8.52. The number of hydrogen-bond acceptors (Lipinski definition) is 4. The fourth-order valence-electron chi connectivity index (χ4n) is 3.47. The van der Waals surface area contributed by atoms with Crippen molar-refractivity contribution in [2.45, 2.75) is 37.8 Å². The first kappa shape index (κ1) is 30.6. The molecule has 1 aliphatic rings. The van der Waals surface area contributed by atoms with Gasteiger partial charge in [0.05, 0.1) is 33.6 Å². The van der Waals surface area contributed by atoms with E-state index >= 15 is 0 Å². The van der Waals surface area contributed by atoms with Crippen molar-refractivity contribution in [3.63, 3.8) is 0 Å². The van der Waals surface area contributed by atoms with Crippen LogP contribution in [0.5, 0.6) is 0 Å². The lowest BCUT2D eigenvalue weighted by molar-refractivity contribution is -0.144. The molecule has 216 valence electrons. The Kier molecular flexibility index (Phi) is 8.05. The van der Waals surface area contributed by atoms with Gasteiger partial charge in [0.2, 0.25) is 11.6 Å². The molecule has 0 spiro atoms. The third-order valence-corrected chi connectivity index (χ3v) is 5.34. The number of carbonyl (C=O) groups is 2. The topological polar surface area (TPSA) is 58.2 Å². The van der Waals surface area contributed by atoms with Crippen molar-refractivity contribution in [2.75, 3.05) is 0 Å². The first-order valence-corrected chi connectivity index (χ1v) is 10.7. The molecule has 0 heterocycles. The lowest BCUT2D eigenvalue weighted by atomic mass is 10.0. The van der Waals surface area contributed by atoms with Crippen LogP contribution < -0.4 is 10.6 Å². The van der Waals surface area contributed by atoms with Gasteiger partial charge >= 0.3 is 24.7 Å². The molecule has 0 atom stereocenters. The zero-order valence-electron chi connectivity index (χ0n) is 19.4. The molecule has 3 rings (SSSR count). The Labute approximate surface area is 216 Å². The Morgan fingerprint density at radius 3 is 0.925 bits per heavy atom. The molecule has 0 aliphatic heterocycles. The number of halogens is 12. The highest BCUT2D eigenvalue weighted by Gasteiger charge is 2.38. The second kappa shape index (κ2) is 10.5. The minimum absolute atomic E-state index is 0.0964. The first-order valence-electron chi connectivity index (χ1n) is 10.7. The van der Waals surface area contributed by atoms with Gasteiger partial charge < -0.3 is 10.6 Å². The van der Waals surface area contributed by atoms with E-state index in [0.717, 1.165) is 0 Å². The monoisotopic (exact) mass is 590 g/mol. The molecule has 0 fully saturated rings. The van der Waals surface area contributed by atoms with Crippen molar-refractivity contribution in [2.24, 2.45) is 0 Å². The molecule has 2 N–H and O–H groups in total. The largest absolute Gasteiger partial charge is 0.416 e. The van der Waals surface area contributed by atoms with Crippen LogP contribution in [-0.4, -0.2) is 11.6 Å². The average molecular weight is 590 g/mol. The maximum Gasteiger partial charge on any atom is 0.416 e. The minimum atomic E-state index is -5.12. The van der Waals surface area contributed by atoms with Crippen LogP contribution in [0.15, 0.2) is 59.9 Å². The molecule has 0 radical (unpaired) electrons. The van der Waals surface area contributed by atoms with Gasteiger partial charge in [-0.25, -0.2) is 0 Å². The lowest BCUT2D eigenvalue weighted by Crippen LogP contribution is -2.29. The summed E-state index contributed by atoms with van der Waals surface area (Å²) in [5.74, 6) is -1.99. The fourth-order valence-corrected chi connectivity index (χ4v) is 3.47. The summed E-state index contributed by atoms with van der Waals surface area (Å²) < 4.78 is 156. The van der Waals surface area contributed by atoms with Gasteiger partial charge in [-0.15, -0.1) is 0 Å². The second-order valence-corrected chi connectivity index (χ2v) is 8.38. The van der Waals surface area contributed by atoms with Gasteiger partial charge in [0, 0.05) is 25.2 Å². The van der Waals surface area contributed by atoms with Gasteiger partial charge in [-0.05, 0) is 47.5 Å². The van der Waals surface area contributed by atoms with Crippen LogP contribution in [0.25, 0.3) is 0 Å². The Bertz CT molecular complexity index is 1210. The number of nitrogens with one attached hydrogen (secondary N) is 2. The van der Waals surface area contributed by atoms with Gasteiger partial charge in [0.15, 0.2) is 0 Å². The molecule has 2 aromatic rings. The third kappa shape index (κ3) is 7.57. The van der Waals surface area contributed by atoms with E-state index in [1.165, 1.54) is 0 Å². The molecule has 4 nitrogen and oxygen atoms in total. The van der Waals surface area contributed by atoms with Crippen molar-refractivity contribution < 1.29 is 62.3 Å². The van der Waals surface area contributed by atoms with E-state index in [4.69, 9.17) is 0 Å². The molecule has 0 amide bonds. The van der Waals surface area contributed by atoms with Gasteiger partial charge in [-0.2, -0.15) is 52.7 Å². The molecule has 1 aliphatic carbocycles. The molecule has 40 heavy (non-hydrogen) atoms. The number of ketones is 2. The molecule has 0 saturated carbocycles. The zero-order chi connectivity index (χ0) is 30.3. The highest BCUT2D eigenvalue weighted by molar-refractivity contribution is 6.19. The van der Waals surface area contributed by atoms with E-state index in [2.05, 4.69) is 10.6 Å². The van der Waals surface area contributed by atoms with Gasteiger partial charge in [-0.3, -0.25) is 9.59 Å². The maximum atomic E-state index is 13.0. The number of allylic oxidation sites excluding steroid dienone is 2. The van der Waals surface area contributed by atoms with Crippen LogP contribution >= 0.6 is 0 Å². The average Bonchev–Trinajstić information content (AvgIpc) is 2.81. The van der Waals surface area contributed by atoms with E-state index in [9.17, 15) is 62.3 Å². The number of benzene rings is 2. The van der Waals surface area contributed by atoms with Crippen LogP contribution in [-0.2, 0) is 47.4 Å². The lowest BCUT2D eigenvalue weighted by Gasteiger charge is -2.18. The van der Waals surface area contributed by atoms with Crippen molar-refractivity contribution in [3.8, 4) is 0 Å². The van der Waals surface area contributed by atoms with E-state index < -0.39 is 94.1 Å². The highest BCUT2D eigenvalue weighted by atomic mass is 19.4. The fraction of sp³-hybridized carbons (Fsp3) is 0.250. The summed E-state index contributed by atoms with van der Waals surface area (Å²) in [4.78, 5) is 24.7. The summed E-state index contributed by atoms with van der Waals surface area (Å²) in [7, 11) is 0. The van der Waals surface area contributed by atoms with Crippen molar-refractivity contribution in [1.29, 1.82) is 0 Å². The molecular formula is C24H14F12N2O2. The summed E-state index contributed by atoms with van der Waals surface area (Å²) in [6.07, 6.45) is -19.2. The third-order valence-electron chi connectivity index (χ3n) is 5.34. The molecule has 0 bridgehead atoms. The van der Waals surface area contributed by atoms with E-state index in [-0.39, 0.29) is 12.1 Å². The van der Waals surface area contributed by atoms with Crippen LogP contribution in [0.4, 0.5) is 52.7 Å². The normalized spacial score (nSPS) is 15.1. The Balaban J connectivity index is 1.75. The smallest absolute Gasteiger partial charge is 0.378 e. The summed E-state index contributed by atoms with van der Waals surface area (Å²) in [6.45, 7) is -1.47. The Morgan fingerprint density at radius 1 is 0.450 bits per heavy atom. The Hall–Kier alpha value is -3.98. The first-order chi connectivity index (χ1) is 18.1. The molecule has 2 aromatic carbocycles. The molecule has 16 heteroatoms. The predicted octanol–water partition coefficient (Wildman–Crippen LogP) is 6.56. The molecule has 0 aromatic heterocycles. The summed E-state index contributed by atoms with van der Waals surface area (Å²) >= 11 is 0. The van der Waals surface area contributed by atoms with Crippen LogP contribution in [0, 0.1) is 0 Å². The summed E-state index contributed by atoms with van der Waals surface area (Å²) in [5, 5.41) is 4.50.